The largest absolute Gasteiger partial charge is 0.388 e. The van der Waals surface area contributed by atoms with Gasteiger partial charge in [-0.3, -0.25) is 4.68 Å². The summed E-state index contributed by atoms with van der Waals surface area (Å²) in [5.41, 5.74) is 1.000. The number of hydrogen-bond acceptors (Lipinski definition) is 4. The van der Waals surface area contributed by atoms with Gasteiger partial charge < -0.3 is 9.84 Å². The molecule has 0 aliphatic carbocycles. The smallest absolute Gasteiger partial charge is 0.0850 e. The van der Waals surface area contributed by atoms with E-state index in [1.165, 1.54) is 5.75 Å². The number of hydrogen-bond donors (Lipinski definition) is 1. The Morgan fingerprint density at radius 3 is 3.30 bits per heavy atom. The SMILES string of the molecule is CCCn1cc(C(O)C2CCOC3(CCSC3)C2)cn1. The van der Waals surface area contributed by atoms with Gasteiger partial charge in [0, 0.05) is 30.7 Å². The van der Waals surface area contributed by atoms with Crippen LogP contribution >= 0.6 is 11.8 Å². The molecular weight excluding hydrogens is 272 g/mol. The number of aliphatic hydroxyl groups is 1. The molecule has 1 N–H and O–H groups in total. The fourth-order valence-electron chi connectivity index (χ4n) is 3.35. The zero-order valence-corrected chi connectivity index (χ0v) is 12.9. The van der Waals surface area contributed by atoms with Crippen LogP contribution in [0.2, 0.25) is 0 Å². The van der Waals surface area contributed by atoms with Gasteiger partial charge >= 0.3 is 0 Å². The van der Waals surface area contributed by atoms with Crippen molar-refractivity contribution in [2.75, 3.05) is 18.1 Å². The van der Waals surface area contributed by atoms with E-state index >= 15 is 0 Å². The second-order valence-electron chi connectivity index (χ2n) is 6.07. The molecule has 2 aliphatic rings. The van der Waals surface area contributed by atoms with Crippen LogP contribution in [-0.4, -0.2) is 38.6 Å². The van der Waals surface area contributed by atoms with E-state index in [-0.39, 0.29) is 5.60 Å². The van der Waals surface area contributed by atoms with Crippen molar-refractivity contribution in [3.8, 4) is 0 Å². The minimum Gasteiger partial charge on any atom is -0.388 e. The van der Waals surface area contributed by atoms with Gasteiger partial charge in [0.1, 0.15) is 0 Å². The lowest BCUT2D eigenvalue weighted by Crippen LogP contribution is -2.41. The number of ether oxygens (including phenoxy) is 1. The average molecular weight is 296 g/mol. The molecule has 0 aromatic carbocycles. The number of nitrogens with zero attached hydrogens (tertiary/aromatic N) is 2. The molecule has 3 unspecified atom stereocenters. The lowest BCUT2D eigenvalue weighted by atomic mass is 9.81. The normalized spacial score (nSPS) is 31.8. The first-order chi connectivity index (χ1) is 9.72. The molecule has 4 nitrogen and oxygen atoms in total. The molecule has 2 saturated heterocycles. The third kappa shape index (κ3) is 2.90. The fraction of sp³-hybridized carbons (Fsp3) is 0.800. The molecule has 0 saturated carbocycles. The molecule has 5 heteroatoms. The van der Waals surface area contributed by atoms with Gasteiger partial charge in [0.2, 0.25) is 0 Å². The third-order valence-electron chi connectivity index (χ3n) is 4.49. The first-order valence-electron chi connectivity index (χ1n) is 7.64. The summed E-state index contributed by atoms with van der Waals surface area (Å²) in [7, 11) is 0. The van der Waals surface area contributed by atoms with Gasteiger partial charge in [0.25, 0.3) is 0 Å². The van der Waals surface area contributed by atoms with Crippen LogP contribution in [0.5, 0.6) is 0 Å². The van der Waals surface area contributed by atoms with E-state index in [4.69, 9.17) is 4.74 Å². The highest BCUT2D eigenvalue weighted by atomic mass is 32.2. The van der Waals surface area contributed by atoms with Crippen LogP contribution < -0.4 is 0 Å². The molecular formula is C15H24N2O2S. The Hall–Kier alpha value is -0.520. The summed E-state index contributed by atoms with van der Waals surface area (Å²) in [5, 5.41) is 15.0. The summed E-state index contributed by atoms with van der Waals surface area (Å²) in [5.74, 6) is 2.59. The summed E-state index contributed by atoms with van der Waals surface area (Å²) in [6.45, 7) is 3.84. The van der Waals surface area contributed by atoms with Crippen molar-refractivity contribution in [2.45, 2.75) is 50.9 Å². The lowest BCUT2D eigenvalue weighted by molar-refractivity contribution is -0.102. The molecule has 1 aromatic heterocycles. The third-order valence-corrected chi connectivity index (χ3v) is 5.72. The number of aliphatic hydroxyl groups excluding tert-OH is 1. The highest BCUT2D eigenvalue weighted by Crippen LogP contribution is 2.43. The van der Waals surface area contributed by atoms with E-state index in [2.05, 4.69) is 12.0 Å². The minimum atomic E-state index is -0.396. The molecule has 112 valence electrons. The van der Waals surface area contributed by atoms with Crippen molar-refractivity contribution in [3.63, 3.8) is 0 Å². The van der Waals surface area contributed by atoms with Crippen LogP contribution in [0.15, 0.2) is 12.4 Å². The Morgan fingerprint density at radius 2 is 2.55 bits per heavy atom. The van der Waals surface area contributed by atoms with Gasteiger partial charge in [-0.2, -0.15) is 16.9 Å². The van der Waals surface area contributed by atoms with Gasteiger partial charge in [0.05, 0.1) is 17.9 Å². The highest BCUT2D eigenvalue weighted by molar-refractivity contribution is 7.99. The summed E-state index contributed by atoms with van der Waals surface area (Å²) in [4.78, 5) is 0. The summed E-state index contributed by atoms with van der Waals surface area (Å²) >= 11 is 1.98. The van der Waals surface area contributed by atoms with Crippen LogP contribution in [0.4, 0.5) is 0 Å². The molecule has 0 radical (unpaired) electrons. The Balaban J connectivity index is 1.67. The topological polar surface area (TPSA) is 47.3 Å². The van der Waals surface area contributed by atoms with Crippen LogP contribution in [0.25, 0.3) is 0 Å². The Labute approximate surface area is 124 Å². The maximum Gasteiger partial charge on any atom is 0.0850 e. The fourth-order valence-corrected chi connectivity index (χ4v) is 4.73. The molecule has 3 heterocycles. The van der Waals surface area contributed by atoms with E-state index in [1.54, 1.807) is 0 Å². The Morgan fingerprint density at radius 1 is 1.65 bits per heavy atom. The second kappa shape index (κ2) is 6.08. The summed E-state index contributed by atoms with van der Waals surface area (Å²) < 4.78 is 7.96. The first kappa shape index (κ1) is 14.4. The first-order valence-corrected chi connectivity index (χ1v) is 8.80. The molecule has 3 atom stereocenters. The maximum absolute atomic E-state index is 10.7. The molecule has 2 aliphatic heterocycles. The van der Waals surface area contributed by atoms with Crippen LogP contribution in [-0.2, 0) is 11.3 Å². The number of aryl methyl sites for hydroxylation is 1. The standard InChI is InChI=1S/C15H24N2O2S/c1-2-5-17-10-13(9-16-17)14(18)12-3-6-19-15(8-12)4-7-20-11-15/h9-10,12,14,18H,2-8,11H2,1H3. The van der Waals surface area contributed by atoms with Gasteiger partial charge in [0.15, 0.2) is 0 Å². The van der Waals surface area contributed by atoms with E-state index < -0.39 is 6.10 Å². The van der Waals surface area contributed by atoms with Crippen LogP contribution in [0.3, 0.4) is 0 Å². The predicted octanol–water partition coefficient (Wildman–Crippen LogP) is 2.63. The minimum absolute atomic E-state index is 0.0357. The molecule has 20 heavy (non-hydrogen) atoms. The van der Waals surface area contributed by atoms with E-state index in [0.717, 1.165) is 50.2 Å². The van der Waals surface area contributed by atoms with Crippen molar-refractivity contribution >= 4 is 11.8 Å². The van der Waals surface area contributed by atoms with E-state index in [0.29, 0.717) is 5.92 Å². The van der Waals surface area contributed by atoms with Crippen molar-refractivity contribution in [1.29, 1.82) is 0 Å². The van der Waals surface area contributed by atoms with Gasteiger partial charge in [-0.05, 0) is 37.4 Å². The number of rotatable bonds is 4. The van der Waals surface area contributed by atoms with Crippen molar-refractivity contribution < 1.29 is 9.84 Å². The van der Waals surface area contributed by atoms with Crippen LogP contribution in [0.1, 0.15) is 44.3 Å². The van der Waals surface area contributed by atoms with Crippen molar-refractivity contribution in [2.24, 2.45) is 5.92 Å². The zero-order chi connectivity index (χ0) is 14.0. The maximum atomic E-state index is 10.7. The molecule has 0 amide bonds. The van der Waals surface area contributed by atoms with Gasteiger partial charge in [-0.1, -0.05) is 6.92 Å². The van der Waals surface area contributed by atoms with E-state index in [1.807, 2.05) is 28.8 Å². The quantitative estimate of drug-likeness (QED) is 0.928. The van der Waals surface area contributed by atoms with Crippen LogP contribution in [0, 0.1) is 5.92 Å². The predicted molar refractivity (Wildman–Crippen MR) is 80.8 cm³/mol. The van der Waals surface area contributed by atoms with Crippen molar-refractivity contribution in [1.82, 2.24) is 9.78 Å². The van der Waals surface area contributed by atoms with Crippen molar-refractivity contribution in [3.05, 3.63) is 18.0 Å². The highest BCUT2D eigenvalue weighted by Gasteiger charge is 2.42. The molecule has 3 rings (SSSR count). The van der Waals surface area contributed by atoms with E-state index in [9.17, 15) is 5.11 Å². The van der Waals surface area contributed by atoms with Gasteiger partial charge in [-0.25, -0.2) is 0 Å². The average Bonchev–Trinajstić information content (AvgIpc) is 3.09. The molecule has 1 aromatic rings. The molecule has 0 bridgehead atoms. The Kier molecular flexibility index (Phi) is 4.38. The zero-order valence-electron chi connectivity index (χ0n) is 12.1. The second-order valence-corrected chi connectivity index (χ2v) is 7.17. The number of thioether (sulfide) groups is 1. The summed E-state index contributed by atoms with van der Waals surface area (Å²) in [6, 6.07) is 0. The number of aromatic nitrogens is 2. The monoisotopic (exact) mass is 296 g/mol. The summed E-state index contributed by atoms with van der Waals surface area (Å²) in [6.07, 6.45) is 7.57. The molecule has 1 spiro atoms. The Bertz CT molecular complexity index is 443. The van der Waals surface area contributed by atoms with Gasteiger partial charge in [-0.15, -0.1) is 0 Å². The lowest BCUT2D eigenvalue weighted by Gasteiger charge is -2.39. The molecule has 2 fully saturated rings.